The Labute approximate surface area is 160 Å². The lowest BCUT2D eigenvalue weighted by Crippen LogP contribution is -2.48. The zero-order valence-electron chi connectivity index (χ0n) is 16.7. The second kappa shape index (κ2) is 9.15. The summed E-state index contributed by atoms with van der Waals surface area (Å²) >= 11 is 0. The van der Waals surface area contributed by atoms with Crippen molar-refractivity contribution in [2.75, 3.05) is 27.2 Å². The minimum Gasteiger partial charge on any atom is -0.357 e. The highest BCUT2D eigenvalue weighted by Crippen LogP contribution is 2.40. The van der Waals surface area contributed by atoms with Crippen LogP contribution in [0.25, 0.3) is 0 Å². The third-order valence-corrected chi connectivity index (χ3v) is 5.78. The van der Waals surface area contributed by atoms with Gasteiger partial charge in [0.05, 0.1) is 17.9 Å². The van der Waals surface area contributed by atoms with E-state index >= 15 is 0 Å². The number of nitrogens with zero attached hydrogens (tertiary/aromatic N) is 2. The molecule has 2 aliphatic carbocycles. The van der Waals surface area contributed by atoms with E-state index in [2.05, 4.69) is 15.6 Å². The summed E-state index contributed by atoms with van der Waals surface area (Å²) in [5, 5.41) is 6.31. The molecule has 2 rings (SSSR count). The fraction of sp³-hybridized carbons (Fsp3) is 0.895. The molecule has 156 valence electrons. The van der Waals surface area contributed by atoms with Crippen molar-refractivity contribution in [1.82, 2.24) is 15.5 Å². The number of guanidine groups is 1. The first-order valence-electron chi connectivity index (χ1n) is 10.0. The molecule has 0 saturated heterocycles. The van der Waals surface area contributed by atoms with Gasteiger partial charge in [0.25, 0.3) is 0 Å². The fourth-order valence-corrected chi connectivity index (χ4v) is 4.33. The van der Waals surface area contributed by atoms with E-state index in [1.807, 2.05) is 6.92 Å². The van der Waals surface area contributed by atoms with E-state index in [-0.39, 0.29) is 24.8 Å². The topological polar surface area (TPSA) is 56.7 Å². The lowest BCUT2D eigenvalue weighted by atomic mass is 9.84. The Balaban J connectivity index is 2.06. The van der Waals surface area contributed by atoms with Crippen LogP contribution < -0.4 is 10.6 Å². The molecule has 0 aliphatic heterocycles. The van der Waals surface area contributed by atoms with Gasteiger partial charge in [0.2, 0.25) is 5.91 Å². The maximum Gasteiger partial charge on any atom is 0.391 e. The van der Waals surface area contributed by atoms with Crippen LogP contribution in [0.1, 0.15) is 58.3 Å². The monoisotopic (exact) mass is 390 g/mol. The van der Waals surface area contributed by atoms with Gasteiger partial charge < -0.3 is 15.5 Å². The van der Waals surface area contributed by atoms with Gasteiger partial charge in [0, 0.05) is 26.7 Å². The number of hydrogen-bond acceptors (Lipinski definition) is 2. The number of amides is 1. The standard InChI is InChI=1S/C19H33F3N4O/c1-4-23-17(25-15-9-7-8-14(12-15)19(20,21)22)24-13-18(10-5-6-11-18)16(27)26(2)3/h14-15H,4-13H2,1-3H3,(H2,23,24,25). The van der Waals surface area contributed by atoms with E-state index in [9.17, 15) is 18.0 Å². The molecule has 8 heteroatoms. The number of alkyl halides is 3. The molecule has 0 bridgehead atoms. The summed E-state index contributed by atoms with van der Waals surface area (Å²) in [6.07, 6.45) is 1.05. The number of carbonyl (C=O) groups excluding carboxylic acids is 1. The van der Waals surface area contributed by atoms with Crippen molar-refractivity contribution in [3.05, 3.63) is 0 Å². The third-order valence-electron chi connectivity index (χ3n) is 5.78. The number of halogens is 3. The summed E-state index contributed by atoms with van der Waals surface area (Å²) in [5.74, 6) is -0.638. The summed E-state index contributed by atoms with van der Waals surface area (Å²) in [6, 6.07) is -0.243. The van der Waals surface area contributed by atoms with Gasteiger partial charge in [-0.15, -0.1) is 0 Å². The number of nitrogens with one attached hydrogen (secondary N) is 2. The molecule has 2 saturated carbocycles. The fourth-order valence-electron chi connectivity index (χ4n) is 4.33. The first-order valence-corrected chi connectivity index (χ1v) is 10.0. The van der Waals surface area contributed by atoms with Crippen molar-refractivity contribution in [2.45, 2.75) is 70.5 Å². The van der Waals surface area contributed by atoms with E-state index in [1.165, 1.54) is 0 Å². The zero-order chi connectivity index (χ0) is 20.1. The minimum absolute atomic E-state index is 0.0791. The first kappa shape index (κ1) is 21.8. The Morgan fingerprint density at radius 2 is 1.85 bits per heavy atom. The molecule has 1 amide bonds. The third kappa shape index (κ3) is 5.75. The zero-order valence-corrected chi connectivity index (χ0v) is 16.7. The highest BCUT2D eigenvalue weighted by molar-refractivity contribution is 5.84. The Bertz CT molecular complexity index is 528. The van der Waals surface area contributed by atoms with Crippen LogP contribution in [0.15, 0.2) is 4.99 Å². The van der Waals surface area contributed by atoms with Crippen LogP contribution in [0.2, 0.25) is 0 Å². The normalized spacial score (nSPS) is 25.9. The second-order valence-corrected chi connectivity index (χ2v) is 8.13. The quantitative estimate of drug-likeness (QED) is 0.559. The second-order valence-electron chi connectivity index (χ2n) is 8.13. The lowest BCUT2D eigenvalue weighted by molar-refractivity contribution is -0.183. The summed E-state index contributed by atoms with van der Waals surface area (Å²) in [4.78, 5) is 18.9. The molecule has 2 N–H and O–H groups in total. The molecule has 5 nitrogen and oxygen atoms in total. The minimum atomic E-state index is -4.14. The maximum atomic E-state index is 13.1. The van der Waals surface area contributed by atoms with Crippen LogP contribution in [0, 0.1) is 11.3 Å². The van der Waals surface area contributed by atoms with E-state index in [0.717, 1.165) is 25.7 Å². The number of carbonyl (C=O) groups is 1. The summed E-state index contributed by atoms with van der Waals surface area (Å²) in [5.41, 5.74) is -0.479. The molecular weight excluding hydrogens is 357 g/mol. The van der Waals surface area contributed by atoms with Crippen molar-refractivity contribution in [2.24, 2.45) is 16.3 Å². The Hall–Kier alpha value is -1.47. The Morgan fingerprint density at radius 3 is 2.41 bits per heavy atom. The van der Waals surface area contributed by atoms with Gasteiger partial charge in [-0.25, -0.2) is 0 Å². The van der Waals surface area contributed by atoms with Crippen LogP contribution in [0.4, 0.5) is 13.2 Å². The van der Waals surface area contributed by atoms with Crippen molar-refractivity contribution < 1.29 is 18.0 Å². The van der Waals surface area contributed by atoms with Gasteiger partial charge in [0.15, 0.2) is 5.96 Å². The van der Waals surface area contributed by atoms with Crippen molar-refractivity contribution in [3.63, 3.8) is 0 Å². The van der Waals surface area contributed by atoms with E-state index < -0.39 is 17.5 Å². The molecule has 0 aromatic carbocycles. The molecule has 0 spiro atoms. The largest absolute Gasteiger partial charge is 0.391 e. The van der Waals surface area contributed by atoms with Gasteiger partial charge >= 0.3 is 6.18 Å². The molecule has 0 aromatic heterocycles. The maximum absolute atomic E-state index is 13.1. The molecular formula is C19H33F3N4O. The van der Waals surface area contributed by atoms with E-state index in [1.54, 1.807) is 19.0 Å². The van der Waals surface area contributed by atoms with Crippen LogP contribution in [0.5, 0.6) is 0 Å². The highest BCUT2D eigenvalue weighted by atomic mass is 19.4. The SMILES string of the molecule is CCNC(=NCC1(C(=O)N(C)C)CCCC1)NC1CCCC(C(F)(F)F)C1. The van der Waals surface area contributed by atoms with Crippen molar-refractivity contribution >= 4 is 11.9 Å². The Kier molecular flexibility index (Phi) is 7.40. The van der Waals surface area contributed by atoms with Crippen LogP contribution in [-0.4, -0.2) is 56.2 Å². The van der Waals surface area contributed by atoms with Crippen molar-refractivity contribution in [1.29, 1.82) is 0 Å². The average molecular weight is 390 g/mol. The molecule has 2 unspecified atom stereocenters. The van der Waals surface area contributed by atoms with Crippen LogP contribution in [-0.2, 0) is 4.79 Å². The molecule has 0 heterocycles. The Morgan fingerprint density at radius 1 is 1.19 bits per heavy atom. The van der Waals surface area contributed by atoms with Crippen LogP contribution >= 0.6 is 0 Å². The van der Waals surface area contributed by atoms with E-state index in [0.29, 0.717) is 31.9 Å². The predicted molar refractivity (Wildman–Crippen MR) is 101 cm³/mol. The summed E-state index contributed by atoms with van der Waals surface area (Å²) < 4.78 is 39.2. The van der Waals surface area contributed by atoms with Crippen molar-refractivity contribution in [3.8, 4) is 0 Å². The molecule has 2 fully saturated rings. The number of hydrogen-bond donors (Lipinski definition) is 2. The molecule has 0 aromatic rings. The average Bonchev–Trinajstić information content (AvgIpc) is 3.09. The summed E-state index contributed by atoms with van der Waals surface area (Å²) in [6.45, 7) is 2.91. The predicted octanol–water partition coefficient (Wildman–Crippen LogP) is 3.31. The molecule has 0 radical (unpaired) electrons. The van der Waals surface area contributed by atoms with Crippen LogP contribution in [0.3, 0.4) is 0 Å². The smallest absolute Gasteiger partial charge is 0.357 e. The first-order chi connectivity index (χ1) is 12.7. The number of rotatable bonds is 5. The van der Waals surface area contributed by atoms with Gasteiger partial charge in [-0.05, 0) is 39.0 Å². The van der Waals surface area contributed by atoms with Gasteiger partial charge in [-0.3, -0.25) is 9.79 Å². The van der Waals surface area contributed by atoms with Gasteiger partial charge in [0.1, 0.15) is 0 Å². The van der Waals surface area contributed by atoms with E-state index in [4.69, 9.17) is 0 Å². The lowest BCUT2D eigenvalue weighted by Gasteiger charge is -2.32. The molecule has 2 aliphatic rings. The summed E-state index contributed by atoms with van der Waals surface area (Å²) in [7, 11) is 3.52. The molecule has 27 heavy (non-hydrogen) atoms. The van der Waals surface area contributed by atoms with Gasteiger partial charge in [-0.1, -0.05) is 19.3 Å². The molecule has 2 atom stereocenters. The number of aliphatic imine (C=N–C) groups is 1. The van der Waals surface area contributed by atoms with Gasteiger partial charge in [-0.2, -0.15) is 13.2 Å². The highest BCUT2D eigenvalue weighted by Gasteiger charge is 2.43.